The molecule has 0 spiro atoms. The van der Waals surface area contributed by atoms with Crippen molar-refractivity contribution in [3.8, 4) is 5.75 Å². The molecule has 9 nitrogen and oxygen atoms in total. The summed E-state index contributed by atoms with van der Waals surface area (Å²) in [5.41, 5.74) is 0.544. The van der Waals surface area contributed by atoms with Crippen molar-refractivity contribution in [3.05, 3.63) is 46.7 Å². The van der Waals surface area contributed by atoms with Crippen LogP contribution >= 0.6 is 11.3 Å². The van der Waals surface area contributed by atoms with Gasteiger partial charge in [-0.05, 0) is 56.0 Å². The summed E-state index contributed by atoms with van der Waals surface area (Å²) in [4.78, 5) is 27.8. The Kier molecular flexibility index (Phi) is 8.34. The van der Waals surface area contributed by atoms with Crippen LogP contribution in [0, 0.1) is 5.41 Å². The van der Waals surface area contributed by atoms with Gasteiger partial charge in [-0.3, -0.25) is 14.8 Å². The largest absolute Gasteiger partial charge is 0.494 e. The number of carbonyl (C=O) groups is 2. The number of carbonyl (C=O) groups excluding carboxylic acids is 2. The lowest BCUT2D eigenvalue weighted by atomic mass is 9.88. The fourth-order valence-electron chi connectivity index (χ4n) is 3.84. The Balaban J connectivity index is 1.97. The van der Waals surface area contributed by atoms with E-state index in [9.17, 15) is 18.0 Å². The third-order valence-corrected chi connectivity index (χ3v) is 8.40. The van der Waals surface area contributed by atoms with Gasteiger partial charge in [0.15, 0.2) is 0 Å². The number of amides is 2. The first kappa shape index (κ1) is 26.1. The molecule has 1 unspecified atom stereocenters. The van der Waals surface area contributed by atoms with Gasteiger partial charge in [0, 0.05) is 11.4 Å². The zero-order chi connectivity index (χ0) is 24.9. The summed E-state index contributed by atoms with van der Waals surface area (Å²) in [6.45, 7) is 6.02. The van der Waals surface area contributed by atoms with Crippen LogP contribution in [-0.4, -0.2) is 54.0 Å². The number of rotatable bonds is 10. The molecule has 3 rings (SSSR count). The van der Waals surface area contributed by atoms with E-state index < -0.39 is 33.9 Å². The van der Waals surface area contributed by atoms with E-state index in [0.29, 0.717) is 12.4 Å². The zero-order valence-corrected chi connectivity index (χ0v) is 21.2. The van der Waals surface area contributed by atoms with E-state index in [4.69, 9.17) is 9.94 Å². The van der Waals surface area contributed by atoms with Crippen LogP contribution in [0.4, 0.5) is 0 Å². The van der Waals surface area contributed by atoms with Crippen molar-refractivity contribution in [2.45, 2.75) is 57.6 Å². The second-order valence-electron chi connectivity index (χ2n) is 8.84. The second kappa shape index (κ2) is 10.9. The van der Waals surface area contributed by atoms with Crippen molar-refractivity contribution in [1.29, 1.82) is 0 Å². The number of thiophene rings is 1. The Labute approximate surface area is 204 Å². The van der Waals surface area contributed by atoms with Crippen molar-refractivity contribution in [2.75, 3.05) is 13.2 Å². The summed E-state index contributed by atoms with van der Waals surface area (Å²) in [7, 11) is -4.09. The molecule has 34 heavy (non-hydrogen) atoms. The highest BCUT2D eigenvalue weighted by Crippen LogP contribution is 2.36. The first-order valence-corrected chi connectivity index (χ1v) is 13.4. The molecule has 0 bridgehead atoms. The summed E-state index contributed by atoms with van der Waals surface area (Å²) in [6, 6.07) is 9.81. The summed E-state index contributed by atoms with van der Waals surface area (Å²) >= 11 is 1.43. The van der Waals surface area contributed by atoms with Crippen LogP contribution in [0.1, 0.15) is 44.9 Å². The molecule has 2 heterocycles. The highest BCUT2D eigenvalue weighted by atomic mass is 32.2. The fraction of sp³-hybridized carbons (Fsp3) is 0.478. The van der Waals surface area contributed by atoms with E-state index in [0.717, 1.165) is 17.7 Å². The van der Waals surface area contributed by atoms with Crippen LogP contribution in [0.5, 0.6) is 5.75 Å². The Bertz CT molecular complexity index is 1080. The maximum Gasteiger partial charge on any atom is 0.246 e. The maximum atomic E-state index is 13.7. The van der Waals surface area contributed by atoms with Gasteiger partial charge < -0.3 is 9.64 Å². The lowest BCUT2D eigenvalue weighted by molar-refractivity contribution is -0.156. The fourth-order valence-corrected chi connectivity index (χ4v) is 6.29. The van der Waals surface area contributed by atoms with Gasteiger partial charge in [-0.2, -0.15) is 4.31 Å². The lowest BCUT2D eigenvalue weighted by Gasteiger charge is -2.48. The van der Waals surface area contributed by atoms with Gasteiger partial charge >= 0.3 is 0 Å². The van der Waals surface area contributed by atoms with Crippen LogP contribution in [0.15, 0.2) is 46.7 Å². The quantitative estimate of drug-likeness (QED) is 0.289. The molecule has 1 aromatic carbocycles. The normalized spacial score (nSPS) is 18.6. The van der Waals surface area contributed by atoms with Gasteiger partial charge in [0.2, 0.25) is 21.8 Å². The smallest absolute Gasteiger partial charge is 0.246 e. The van der Waals surface area contributed by atoms with Crippen LogP contribution in [-0.2, 0) is 26.2 Å². The topological polar surface area (TPSA) is 116 Å². The number of sulfonamides is 1. The van der Waals surface area contributed by atoms with E-state index in [1.54, 1.807) is 31.5 Å². The van der Waals surface area contributed by atoms with Gasteiger partial charge in [0.25, 0.3) is 0 Å². The van der Waals surface area contributed by atoms with Crippen molar-refractivity contribution in [3.63, 3.8) is 0 Å². The van der Waals surface area contributed by atoms with Crippen LogP contribution in [0.25, 0.3) is 0 Å². The Morgan fingerprint density at radius 3 is 2.56 bits per heavy atom. The molecule has 186 valence electrons. The summed E-state index contributed by atoms with van der Waals surface area (Å²) in [5, 5.41) is 11.0. The van der Waals surface area contributed by atoms with Gasteiger partial charge in [-0.15, -0.1) is 11.3 Å². The van der Waals surface area contributed by atoms with Gasteiger partial charge in [0.05, 0.1) is 29.9 Å². The number of ether oxygens (including phenoxy) is 1. The zero-order valence-electron chi connectivity index (χ0n) is 19.6. The number of nitrogens with one attached hydrogen (secondary N) is 1. The predicted octanol–water partition coefficient (Wildman–Crippen LogP) is 3.21. The molecule has 0 aliphatic carbocycles. The predicted molar refractivity (Wildman–Crippen MR) is 128 cm³/mol. The molecule has 1 saturated heterocycles. The Morgan fingerprint density at radius 1 is 1.26 bits per heavy atom. The number of benzene rings is 1. The molecular weight excluding hydrogens is 478 g/mol. The number of hydroxylamine groups is 1. The summed E-state index contributed by atoms with van der Waals surface area (Å²) in [5.74, 6) is -0.478. The SMILES string of the molecule is CCCCOc1ccc(S(=O)(=O)N2CC(C)(C)C(=O)N(Cc3cccs3)C2CC(=O)NO)cc1. The minimum absolute atomic E-state index is 0.0333. The van der Waals surface area contributed by atoms with Crippen LogP contribution in [0.2, 0.25) is 0 Å². The number of nitrogens with zero attached hydrogens (tertiary/aromatic N) is 2. The molecule has 0 saturated carbocycles. The molecule has 2 aromatic rings. The molecular formula is C23H31N3O6S2. The molecule has 1 aromatic heterocycles. The minimum Gasteiger partial charge on any atom is -0.494 e. The maximum absolute atomic E-state index is 13.7. The van der Waals surface area contributed by atoms with E-state index in [1.807, 2.05) is 17.5 Å². The molecule has 11 heteroatoms. The molecule has 2 amide bonds. The monoisotopic (exact) mass is 509 g/mol. The standard InChI is InChI=1S/C23H31N3O6S2/c1-4-5-12-32-17-8-10-19(11-9-17)34(30,31)26-16-23(2,3)22(28)25(15-18-7-6-13-33-18)21(26)14-20(27)24-29/h6-11,13,21,29H,4-5,12,14-16H2,1-3H3,(H,24,27). The summed E-state index contributed by atoms with van der Waals surface area (Å²) < 4.78 is 34.3. The molecule has 1 atom stereocenters. The molecule has 0 radical (unpaired) electrons. The number of unbranched alkanes of at least 4 members (excludes halogenated alkanes) is 1. The third-order valence-electron chi connectivity index (χ3n) is 5.68. The van der Waals surface area contributed by atoms with Gasteiger partial charge in [-0.1, -0.05) is 19.4 Å². The van der Waals surface area contributed by atoms with Crippen LogP contribution in [0.3, 0.4) is 0 Å². The average Bonchev–Trinajstić information content (AvgIpc) is 3.32. The molecule has 1 aliphatic rings. The van der Waals surface area contributed by atoms with Gasteiger partial charge in [-0.25, -0.2) is 13.9 Å². The highest BCUT2D eigenvalue weighted by molar-refractivity contribution is 7.89. The second-order valence-corrected chi connectivity index (χ2v) is 11.8. The highest BCUT2D eigenvalue weighted by Gasteiger charge is 2.50. The number of hydrogen-bond donors (Lipinski definition) is 2. The first-order valence-electron chi connectivity index (χ1n) is 11.1. The van der Waals surface area contributed by atoms with Crippen molar-refractivity contribution >= 4 is 33.2 Å². The molecule has 1 aliphatic heterocycles. The minimum atomic E-state index is -4.09. The van der Waals surface area contributed by atoms with E-state index in [2.05, 4.69) is 6.92 Å². The summed E-state index contributed by atoms with van der Waals surface area (Å²) in [6.07, 6.45) is 0.383. The van der Waals surface area contributed by atoms with E-state index in [-0.39, 0.29) is 23.9 Å². The number of hydrogen-bond acceptors (Lipinski definition) is 7. The Morgan fingerprint density at radius 2 is 1.97 bits per heavy atom. The first-order chi connectivity index (χ1) is 16.1. The lowest BCUT2D eigenvalue weighted by Crippen LogP contribution is -2.64. The van der Waals surface area contributed by atoms with Crippen molar-refractivity contribution in [1.82, 2.24) is 14.7 Å². The average molecular weight is 510 g/mol. The molecule has 2 N–H and O–H groups in total. The van der Waals surface area contributed by atoms with Gasteiger partial charge in [0.1, 0.15) is 11.9 Å². The van der Waals surface area contributed by atoms with Crippen molar-refractivity contribution < 1.29 is 28.0 Å². The van der Waals surface area contributed by atoms with E-state index in [1.165, 1.54) is 32.7 Å². The van der Waals surface area contributed by atoms with Crippen LogP contribution < -0.4 is 10.2 Å². The Hall–Kier alpha value is -2.47. The van der Waals surface area contributed by atoms with E-state index >= 15 is 0 Å². The third kappa shape index (κ3) is 5.77. The van der Waals surface area contributed by atoms with Crippen molar-refractivity contribution in [2.24, 2.45) is 5.41 Å². The molecule has 1 fully saturated rings.